The lowest BCUT2D eigenvalue weighted by Crippen LogP contribution is -2.42. The Morgan fingerprint density at radius 1 is 1.31 bits per heavy atom. The standard InChI is InChI=1S/C9H14F2N2O.C2H6.H2/c10-6-1-5(2-6)9(14)13-3-7(11)8(12)4-13;1-2;/h5-8H,1-4,12H2;1-2H3;1H/t5?,6?,7?,8-;;/m1../s1. The van der Waals surface area contributed by atoms with Gasteiger partial charge < -0.3 is 10.6 Å². The lowest BCUT2D eigenvalue weighted by molar-refractivity contribution is -0.139. The Morgan fingerprint density at radius 3 is 2.25 bits per heavy atom. The molecule has 0 aromatic heterocycles. The highest BCUT2D eigenvalue weighted by molar-refractivity contribution is 5.80. The third kappa shape index (κ3) is 2.70. The average Bonchev–Trinajstić information content (AvgIpc) is 2.57. The van der Waals surface area contributed by atoms with Crippen molar-refractivity contribution in [1.82, 2.24) is 4.90 Å². The van der Waals surface area contributed by atoms with Crippen molar-refractivity contribution < 1.29 is 15.0 Å². The average molecular weight is 236 g/mol. The number of hydrogen-bond acceptors (Lipinski definition) is 2. The van der Waals surface area contributed by atoms with Gasteiger partial charge in [0.25, 0.3) is 0 Å². The van der Waals surface area contributed by atoms with Crippen molar-refractivity contribution >= 4 is 5.91 Å². The molecular formula is C11H22F2N2O. The molecule has 1 heterocycles. The number of rotatable bonds is 1. The van der Waals surface area contributed by atoms with Gasteiger partial charge in [0, 0.05) is 13.9 Å². The molecule has 2 N–H and O–H groups in total. The number of carbonyl (C=O) groups excluding carboxylic acids is 1. The van der Waals surface area contributed by atoms with E-state index in [-0.39, 0.29) is 26.3 Å². The van der Waals surface area contributed by atoms with Crippen LogP contribution >= 0.6 is 0 Å². The third-order valence-electron chi connectivity index (χ3n) is 3.03. The predicted molar refractivity (Wildman–Crippen MR) is 60.5 cm³/mol. The Kier molecular flexibility index (Phi) is 4.65. The molecular weight excluding hydrogens is 214 g/mol. The summed E-state index contributed by atoms with van der Waals surface area (Å²) in [6.45, 7) is 4.35. The summed E-state index contributed by atoms with van der Waals surface area (Å²) in [6.07, 6.45) is -1.38. The third-order valence-corrected chi connectivity index (χ3v) is 3.03. The summed E-state index contributed by atoms with van der Waals surface area (Å²) in [5.74, 6) is -0.364. The minimum absolute atomic E-state index is 0. The highest BCUT2D eigenvalue weighted by atomic mass is 19.1. The number of likely N-dealkylation sites (tertiary alicyclic amines) is 1. The van der Waals surface area contributed by atoms with E-state index in [0.717, 1.165) is 0 Å². The summed E-state index contributed by atoms with van der Waals surface area (Å²) in [4.78, 5) is 13.0. The molecule has 2 atom stereocenters. The van der Waals surface area contributed by atoms with E-state index >= 15 is 0 Å². The number of nitrogens with two attached hydrogens (primary N) is 1. The number of carbonyl (C=O) groups is 1. The summed E-state index contributed by atoms with van der Waals surface area (Å²) >= 11 is 0. The summed E-state index contributed by atoms with van der Waals surface area (Å²) in [5.41, 5.74) is 5.45. The minimum Gasteiger partial charge on any atom is -0.338 e. The van der Waals surface area contributed by atoms with E-state index in [2.05, 4.69) is 0 Å². The smallest absolute Gasteiger partial charge is 0.226 e. The van der Waals surface area contributed by atoms with Crippen LogP contribution in [-0.4, -0.2) is 42.3 Å². The minimum atomic E-state index is -1.12. The van der Waals surface area contributed by atoms with Crippen LogP contribution in [-0.2, 0) is 4.79 Å². The summed E-state index contributed by atoms with van der Waals surface area (Å²) in [7, 11) is 0. The van der Waals surface area contributed by atoms with Gasteiger partial charge in [-0.25, -0.2) is 8.78 Å². The summed E-state index contributed by atoms with van der Waals surface area (Å²) < 4.78 is 25.5. The molecule has 1 saturated carbocycles. The van der Waals surface area contributed by atoms with E-state index in [9.17, 15) is 13.6 Å². The number of hydrogen-bond donors (Lipinski definition) is 1. The van der Waals surface area contributed by atoms with Crippen LogP contribution in [0.3, 0.4) is 0 Å². The van der Waals surface area contributed by atoms with Gasteiger partial charge in [0.15, 0.2) is 0 Å². The number of halogens is 2. The van der Waals surface area contributed by atoms with Crippen molar-refractivity contribution in [3.8, 4) is 0 Å². The second-order valence-corrected chi connectivity index (χ2v) is 4.19. The van der Waals surface area contributed by atoms with Crippen LogP contribution in [0.4, 0.5) is 8.78 Å². The maximum Gasteiger partial charge on any atom is 0.226 e. The van der Waals surface area contributed by atoms with Crippen molar-refractivity contribution in [3.05, 3.63) is 0 Å². The second-order valence-electron chi connectivity index (χ2n) is 4.19. The molecule has 2 aliphatic rings. The molecule has 0 aromatic rings. The molecule has 5 heteroatoms. The van der Waals surface area contributed by atoms with Crippen LogP contribution in [0.15, 0.2) is 0 Å². The van der Waals surface area contributed by atoms with Crippen LogP contribution in [0.5, 0.6) is 0 Å². The lowest BCUT2D eigenvalue weighted by Gasteiger charge is -2.31. The van der Waals surface area contributed by atoms with Gasteiger partial charge in [0.1, 0.15) is 12.3 Å². The van der Waals surface area contributed by atoms with E-state index in [1.54, 1.807) is 0 Å². The maximum atomic E-state index is 13.0. The van der Waals surface area contributed by atoms with Crippen molar-refractivity contribution in [1.29, 1.82) is 0 Å². The first-order valence-electron chi connectivity index (χ1n) is 5.90. The molecule has 1 unspecified atom stereocenters. The van der Waals surface area contributed by atoms with Crippen molar-refractivity contribution in [2.45, 2.75) is 45.1 Å². The molecule has 0 radical (unpaired) electrons. The molecule has 0 aromatic carbocycles. The van der Waals surface area contributed by atoms with E-state index in [1.807, 2.05) is 13.8 Å². The maximum absolute atomic E-state index is 13.0. The molecule has 2 rings (SSSR count). The molecule has 96 valence electrons. The first kappa shape index (κ1) is 13.4. The molecule has 0 spiro atoms. The van der Waals surface area contributed by atoms with Gasteiger partial charge in [-0.05, 0) is 12.8 Å². The molecule has 16 heavy (non-hydrogen) atoms. The Labute approximate surface area is 96.5 Å². The number of nitrogens with zero attached hydrogens (tertiary/aromatic N) is 1. The van der Waals surface area contributed by atoms with Gasteiger partial charge in [0.05, 0.1) is 12.6 Å². The Hall–Kier alpha value is -0.710. The van der Waals surface area contributed by atoms with Gasteiger partial charge in [-0.2, -0.15) is 0 Å². The van der Waals surface area contributed by atoms with Crippen LogP contribution in [0.1, 0.15) is 28.1 Å². The van der Waals surface area contributed by atoms with Crippen LogP contribution < -0.4 is 5.73 Å². The zero-order valence-electron chi connectivity index (χ0n) is 9.83. The molecule has 3 nitrogen and oxygen atoms in total. The first-order chi connectivity index (χ1) is 7.58. The monoisotopic (exact) mass is 236 g/mol. The lowest BCUT2D eigenvalue weighted by atomic mass is 9.82. The highest BCUT2D eigenvalue weighted by Gasteiger charge is 2.41. The fraction of sp³-hybridized carbons (Fsp3) is 0.909. The van der Waals surface area contributed by atoms with Gasteiger partial charge in [0.2, 0.25) is 5.91 Å². The number of amides is 1. The predicted octanol–water partition coefficient (Wildman–Crippen LogP) is 1.51. The van der Waals surface area contributed by atoms with Gasteiger partial charge in [-0.3, -0.25) is 4.79 Å². The van der Waals surface area contributed by atoms with Gasteiger partial charge in [-0.1, -0.05) is 13.8 Å². The molecule has 0 bridgehead atoms. The van der Waals surface area contributed by atoms with E-state index in [4.69, 9.17) is 5.73 Å². The van der Waals surface area contributed by atoms with Crippen molar-refractivity contribution in [3.63, 3.8) is 0 Å². The van der Waals surface area contributed by atoms with Crippen molar-refractivity contribution in [2.24, 2.45) is 11.7 Å². The van der Waals surface area contributed by atoms with Crippen LogP contribution in [0, 0.1) is 5.92 Å². The summed E-state index contributed by atoms with van der Waals surface area (Å²) in [5, 5.41) is 0. The normalized spacial score (nSPS) is 37.4. The fourth-order valence-corrected chi connectivity index (χ4v) is 1.98. The molecule has 1 aliphatic carbocycles. The van der Waals surface area contributed by atoms with Gasteiger partial charge >= 0.3 is 0 Å². The zero-order chi connectivity index (χ0) is 12.3. The topological polar surface area (TPSA) is 46.3 Å². The van der Waals surface area contributed by atoms with Crippen LogP contribution in [0.2, 0.25) is 0 Å². The van der Waals surface area contributed by atoms with Crippen LogP contribution in [0.25, 0.3) is 0 Å². The van der Waals surface area contributed by atoms with E-state index in [1.165, 1.54) is 4.90 Å². The Balaban J connectivity index is 0.000000811. The Morgan fingerprint density at radius 2 is 1.88 bits per heavy atom. The van der Waals surface area contributed by atoms with Crippen molar-refractivity contribution in [2.75, 3.05) is 13.1 Å². The second kappa shape index (κ2) is 5.57. The fourth-order valence-electron chi connectivity index (χ4n) is 1.98. The Bertz CT molecular complexity index is 240. The highest BCUT2D eigenvalue weighted by Crippen LogP contribution is 2.32. The zero-order valence-corrected chi connectivity index (χ0v) is 9.83. The molecule has 1 saturated heterocycles. The molecule has 1 aliphatic heterocycles. The number of alkyl halides is 2. The quantitative estimate of drug-likeness (QED) is 0.750. The first-order valence-corrected chi connectivity index (χ1v) is 5.90. The largest absolute Gasteiger partial charge is 0.338 e. The van der Waals surface area contributed by atoms with Gasteiger partial charge in [-0.15, -0.1) is 0 Å². The van der Waals surface area contributed by atoms with E-state index in [0.29, 0.717) is 12.8 Å². The molecule has 2 fully saturated rings. The summed E-state index contributed by atoms with van der Waals surface area (Å²) in [6, 6.07) is -0.569. The van der Waals surface area contributed by atoms with E-state index < -0.39 is 18.4 Å². The molecule has 1 amide bonds. The SMILES string of the molecule is CC.N[C@@H]1CN(C(=O)C2CC(F)C2)CC1F.[HH].